The Kier molecular flexibility index (Phi) is 20.6. The van der Waals surface area contributed by atoms with Gasteiger partial charge >= 0.3 is 11.9 Å². The van der Waals surface area contributed by atoms with Gasteiger partial charge in [-0.1, -0.05) is 42.8 Å². The van der Waals surface area contributed by atoms with Crippen LogP contribution >= 0.6 is 23.5 Å². The summed E-state index contributed by atoms with van der Waals surface area (Å²) in [6.07, 6.45) is 1.54. The summed E-state index contributed by atoms with van der Waals surface area (Å²) < 4.78 is 49.6. The number of nitrogens with two attached hydrogens (primary N) is 2. The first-order chi connectivity index (χ1) is 54.2. The van der Waals surface area contributed by atoms with Crippen LogP contribution in [0.1, 0.15) is 154 Å². The van der Waals surface area contributed by atoms with Crippen molar-refractivity contribution in [2.45, 2.75) is 183 Å². The minimum atomic E-state index is -1.50. The summed E-state index contributed by atoms with van der Waals surface area (Å²) in [6.45, 7) is 17.3. The second kappa shape index (κ2) is 29.5. The molecule has 613 valence electrons. The second-order valence-electron chi connectivity index (χ2n) is 32.6. The van der Waals surface area contributed by atoms with Crippen molar-refractivity contribution >= 4 is 57.3 Å². The zero-order chi connectivity index (χ0) is 79.3. The minimum Gasteiger partial charge on any atom is -0.504 e. The molecule has 1 radical (unpaired) electrons. The summed E-state index contributed by atoms with van der Waals surface area (Å²) in [4.78, 5) is 54.7. The van der Waals surface area contributed by atoms with E-state index in [0.29, 0.717) is 84.8 Å². The van der Waals surface area contributed by atoms with E-state index in [-0.39, 0.29) is 139 Å². The number of benzene rings is 6. The molecule has 8 bridgehead atoms. The molecule has 4 saturated heterocycles. The molecule has 14 aliphatic rings. The Morgan fingerprint density at radius 2 is 1.02 bits per heavy atom. The van der Waals surface area contributed by atoms with Gasteiger partial charge < -0.3 is 79.9 Å². The number of nitrogens with zero attached hydrogens (tertiary/aromatic N) is 6. The predicted octanol–water partition coefficient (Wildman–Crippen LogP) is 9.26. The number of nitrogens with one attached hydrogen (secondary N) is 4. The van der Waals surface area contributed by atoms with Crippen molar-refractivity contribution in [1.82, 2.24) is 40.2 Å². The molecule has 14 aliphatic heterocycles. The van der Waals surface area contributed by atoms with E-state index in [1.807, 2.05) is 13.8 Å². The number of aromatic nitrogens is 2. The zero-order valence-corrected chi connectivity index (χ0v) is 68.4. The maximum atomic E-state index is 15.0. The monoisotopic (exact) mass is 1700 g/mol. The van der Waals surface area contributed by atoms with Gasteiger partial charge in [-0.05, 0) is 186 Å². The van der Waals surface area contributed by atoms with Crippen LogP contribution in [0.3, 0.4) is 0 Å². The zero-order valence-electron chi connectivity index (χ0n) is 65.3. The Balaban J connectivity index is 0.000000163. The summed E-state index contributed by atoms with van der Waals surface area (Å²) in [5.41, 5.74) is 32.0. The standard InChI is InChI=1S/C42H46N6O6S.C41H47N5O7S.CH4.Ag.HNO3/c1-18-7-8-26-24(9-18)25-12-23(13-43)46-42(40(25)45-26)16-55-39-30-20(3)21(4)37-38(54-17-53-37)32(30)29(15-52-41(42)50)48-28(14-44)27-11-22-10-19(2)36(51-6)35(49)31(22)33(34(39)48)47(27)5;1-17-7-8-25-23(9-17)24-12-22(13-42)44-41(38(24)43-25)15-54-37-28-19(3)20(4)35-36(53-16-52-35)30(28)27(14-51-40(41)49)46-32(37)31-29-21(11-26(39(46)48)45(31)5)10-18(2)34(50-6)33(29)47;;;2-1(3)4/h7-10,23,27-29,33-34,39,45-46,49H,11-13,15-17,43H2,1-6H3;7-10,22,26-27,31-32,37,39,43-44,47-48H,11-16,42H2,1-6H3;1H4;;(H,2,3,4)/t23-,27-,28-,29-,33+,34+,39+,42+;22-,26-,27-,31+,32+,37+,39-,41+;;;/m00.../s1. The normalized spacial score (nSPS) is 29.5. The molecule has 0 saturated carbocycles. The Hall–Kier alpha value is -8.49. The number of ether oxygens (including phenoxy) is 8. The molecule has 0 unspecified atom stereocenters. The van der Waals surface area contributed by atoms with Gasteiger partial charge in [-0.15, -0.1) is 33.6 Å². The fraction of sp³-hybridized carbons (Fsp3) is 0.488. The number of carbonyl (C=O) groups excluding carboxylic acids is 2. The van der Waals surface area contributed by atoms with E-state index in [9.17, 15) is 25.4 Å². The molecular weight excluding hydrogens is 1600 g/mol. The van der Waals surface area contributed by atoms with Crippen LogP contribution in [0.4, 0.5) is 0 Å². The van der Waals surface area contributed by atoms with E-state index in [1.54, 1.807) is 37.7 Å². The van der Waals surface area contributed by atoms with Gasteiger partial charge in [0.15, 0.2) is 57.1 Å². The van der Waals surface area contributed by atoms with Crippen molar-refractivity contribution in [3.63, 3.8) is 0 Å². The second-order valence-corrected chi connectivity index (χ2v) is 34.8. The molecule has 22 rings (SSSR count). The number of phenolic OH excluding ortho intramolecular Hbond substituents is 2. The van der Waals surface area contributed by atoms with Crippen LogP contribution in [0.15, 0.2) is 48.5 Å². The molecule has 16 heterocycles. The molecule has 12 N–H and O–H groups in total. The number of methoxy groups -OCH3 is 2. The van der Waals surface area contributed by atoms with E-state index in [4.69, 9.17) is 64.7 Å². The number of hydrogen-bond acceptors (Lipinski definition) is 26. The first kappa shape index (κ1) is 80.3. The van der Waals surface area contributed by atoms with Gasteiger partial charge in [0.25, 0.3) is 5.09 Å². The topological polar surface area (TPSA) is 376 Å². The number of likely N-dealkylation sites (N-methyl/N-ethyl adjacent to an activating group) is 2. The molecule has 0 aliphatic carbocycles. The number of fused-ring (bicyclic) bond motifs is 22. The van der Waals surface area contributed by atoms with Gasteiger partial charge in [-0.3, -0.25) is 30.2 Å². The number of aliphatic hydroxyl groups is 1. The van der Waals surface area contributed by atoms with Crippen LogP contribution in [0, 0.1) is 76.8 Å². The molecule has 6 aromatic carbocycles. The van der Waals surface area contributed by atoms with Crippen LogP contribution in [-0.4, -0.2) is 195 Å². The van der Waals surface area contributed by atoms with Crippen LogP contribution in [0.25, 0.3) is 21.8 Å². The Morgan fingerprint density at radius 1 is 0.609 bits per heavy atom. The number of thioether (sulfide) groups is 2. The van der Waals surface area contributed by atoms with Gasteiger partial charge in [-0.25, -0.2) is 9.59 Å². The van der Waals surface area contributed by atoms with Crippen molar-refractivity contribution in [3.8, 4) is 52.1 Å². The number of carbonyl (C=O) groups is 2. The van der Waals surface area contributed by atoms with Crippen molar-refractivity contribution in [3.05, 3.63) is 170 Å². The predicted molar refractivity (Wildman–Crippen MR) is 428 cm³/mol. The first-order valence-electron chi connectivity index (χ1n) is 38.5. The number of nitriles is 1. The quantitative estimate of drug-likeness (QED) is 0.0339. The molecule has 4 fully saturated rings. The van der Waals surface area contributed by atoms with Crippen LogP contribution in [0.5, 0.6) is 46.0 Å². The Labute approximate surface area is 690 Å². The number of hydrogen-bond donors (Lipinski definition) is 10. The number of aliphatic hydroxyl groups excluding tert-OH is 1. The average Bonchev–Trinajstić information content (AvgIpc) is 1.24. The number of piperazine rings is 2. The molecule has 2 aromatic heterocycles. The summed E-state index contributed by atoms with van der Waals surface area (Å²) in [7, 11) is 7.31. The van der Waals surface area contributed by atoms with E-state index >= 15 is 4.79 Å². The largest absolute Gasteiger partial charge is 0.504 e. The summed E-state index contributed by atoms with van der Waals surface area (Å²) >= 11 is 3.38. The summed E-state index contributed by atoms with van der Waals surface area (Å²) in [5.74, 6) is 3.78. The number of phenols is 2. The van der Waals surface area contributed by atoms with Gasteiger partial charge in [0, 0.05) is 132 Å². The van der Waals surface area contributed by atoms with Crippen molar-refractivity contribution in [2.75, 3.05) is 79.7 Å². The molecule has 0 amide bonds. The fourth-order valence-electron chi connectivity index (χ4n) is 21.8. The SMILES string of the molecule is C.COc1c(C)cc2c(c1O)[C@@H]1[C@@H]3[C@@H]4SC[C@]5(N[C@H](CN)Cc6c5[nH]c5ccc(C)cc65)C(=O)OC[C@@H](c5c6c(c(C)c(C)c54)OCO6)N3[C@@H](C#N)[C@H](C2)N1C.COc1c(C)cc2c(c1O)[C@@H]1[C@@H]3[C@@H]4SC[C@]5(N[C@H](CN)Cc6c5[nH]c5ccc(C)cc65)C(=O)OC[C@@H](c5c6c(c(C)c(C)c54)OCO6)N3[C@@H](O)[C@H](C2)N1C.O=[N+]([O-])O.[Ag]. The van der Waals surface area contributed by atoms with Gasteiger partial charge in [-0.2, -0.15) is 5.26 Å². The van der Waals surface area contributed by atoms with Gasteiger partial charge in [0.2, 0.25) is 13.6 Å². The van der Waals surface area contributed by atoms with Crippen LogP contribution in [0.2, 0.25) is 0 Å². The number of aromatic hydroxyl groups is 2. The van der Waals surface area contributed by atoms with Crippen molar-refractivity contribution < 1.29 is 95.5 Å². The molecule has 115 heavy (non-hydrogen) atoms. The number of aryl methyl sites for hydroxylation is 4. The summed E-state index contributed by atoms with van der Waals surface area (Å²) in [5, 5.41) is 70.6. The maximum absolute atomic E-state index is 15.0. The third kappa shape index (κ3) is 11.6. The van der Waals surface area contributed by atoms with E-state index in [2.05, 4.69) is 150 Å². The maximum Gasteiger partial charge on any atom is 0.333 e. The molecule has 28 nitrogen and oxygen atoms in total. The Bertz CT molecular complexity index is 5420. The smallest absolute Gasteiger partial charge is 0.333 e. The van der Waals surface area contributed by atoms with E-state index < -0.39 is 40.5 Å². The molecular formula is C84H98AgN12O16S2. The number of esters is 2. The fourth-order valence-corrected chi connectivity index (χ4v) is 25.3. The van der Waals surface area contributed by atoms with Crippen LogP contribution < -0.4 is 50.5 Å². The van der Waals surface area contributed by atoms with Gasteiger partial charge in [0.05, 0.1) is 61.9 Å². The first-order valence-corrected chi connectivity index (χ1v) is 40.6. The third-order valence-corrected chi connectivity index (χ3v) is 29.9. The number of aromatic amines is 2. The minimum absolute atomic E-state index is 0. The van der Waals surface area contributed by atoms with Crippen molar-refractivity contribution in [1.29, 1.82) is 5.26 Å². The van der Waals surface area contributed by atoms with Gasteiger partial charge in [0.1, 0.15) is 25.5 Å². The molecule has 2 spiro atoms. The third-order valence-electron chi connectivity index (χ3n) is 26.9. The number of H-pyrrole nitrogens is 2. The van der Waals surface area contributed by atoms with Crippen molar-refractivity contribution in [2.24, 2.45) is 11.5 Å². The van der Waals surface area contributed by atoms with E-state index in [1.165, 1.54) is 0 Å². The molecule has 16 atom stereocenters. The molecule has 31 heteroatoms. The summed E-state index contributed by atoms with van der Waals surface area (Å²) in [6, 6.07) is 15.8. The van der Waals surface area contributed by atoms with E-state index in [0.717, 1.165) is 133 Å². The van der Waals surface area contributed by atoms with Crippen LogP contribution in [-0.2, 0) is 78.2 Å². The Morgan fingerprint density at radius 3 is 1.44 bits per heavy atom. The average molecular weight is 1700 g/mol. The molecule has 8 aromatic rings. The number of rotatable bonds is 4.